The number of alkyl halides is 4. The number of aliphatic carboxylic acids is 1. The van der Waals surface area contributed by atoms with Crippen LogP contribution in [0.4, 0.5) is 23.2 Å². The highest BCUT2D eigenvalue weighted by atomic mass is 19.3. The van der Waals surface area contributed by atoms with Gasteiger partial charge in [-0.3, -0.25) is 4.79 Å². The van der Waals surface area contributed by atoms with Crippen LogP contribution in [-0.4, -0.2) is 24.3 Å². The van der Waals surface area contributed by atoms with Gasteiger partial charge in [0.1, 0.15) is 11.5 Å². The van der Waals surface area contributed by atoms with E-state index in [9.17, 15) is 27.5 Å². The molecule has 0 bridgehead atoms. The summed E-state index contributed by atoms with van der Waals surface area (Å²) < 4.78 is 59.5. The van der Waals surface area contributed by atoms with Gasteiger partial charge in [0.25, 0.3) is 0 Å². The van der Waals surface area contributed by atoms with E-state index < -0.39 is 25.1 Å². The van der Waals surface area contributed by atoms with E-state index in [1.807, 2.05) is 37.3 Å². The normalized spacial score (nSPS) is 13.8. The molecule has 0 amide bonds. The van der Waals surface area contributed by atoms with E-state index in [1.165, 1.54) is 12.1 Å². The highest BCUT2D eigenvalue weighted by molar-refractivity contribution is 5.86. The van der Waals surface area contributed by atoms with Crippen molar-refractivity contribution in [2.75, 3.05) is 5.73 Å². The van der Waals surface area contributed by atoms with Crippen LogP contribution in [0.5, 0.6) is 11.5 Å². The molecular formula is C29H29F4NO4. The van der Waals surface area contributed by atoms with Gasteiger partial charge < -0.3 is 20.3 Å². The summed E-state index contributed by atoms with van der Waals surface area (Å²) in [6.45, 7) is -4.26. The minimum atomic E-state index is -3.12. The Kier molecular flexibility index (Phi) is 8.44. The first-order valence-electron chi connectivity index (χ1n) is 12.4. The predicted octanol–water partition coefficient (Wildman–Crippen LogP) is 7.26. The van der Waals surface area contributed by atoms with E-state index in [2.05, 4.69) is 9.47 Å². The number of benzene rings is 3. The zero-order valence-corrected chi connectivity index (χ0v) is 20.8. The standard InChI is InChI=1S/C29H29F4NO4/c1-16(5-4-7-17-9-10-19(37-28(30)31)15-25(17)38-29(32)33)13-23(27(35)36)26-22-14-18-6-2-3-8-20(18)21(22)11-12-24(26)34/h2-3,6,8-12,15-16,23,28-29H,4-5,7,13-14,34H2,1H3,(H,35,36). The van der Waals surface area contributed by atoms with Crippen molar-refractivity contribution in [3.63, 3.8) is 0 Å². The fourth-order valence-electron chi connectivity index (χ4n) is 5.29. The molecule has 0 aromatic heterocycles. The molecule has 2 unspecified atom stereocenters. The summed E-state index contributed by atoms with van der Waals surface area (Å²) in [5.41, 5.74) is 12.0. The van der Waals surface area contributed by atoms with Crippen LogP contribution in [0.25, 0.3) is 11.1 Å². The Labute approximate surface area is 218 Å². The maximum atomic E-state index is 12.9. The fourth-order valence-corrected chi connectivity index (χ4v) is 5.29. The SMILES string of the molecule is CC(CCCc1ccc(OC(F)F)cc1OC(F)F)CC(C(=O)O)c1c(N)ccc2c1Cc1ccccc1-2. The number of hydrogen-bond acceptors (Lipinski definition) is 4. The Bertz CT molecular complexity index is 1300. The number of ether oxygens (including phenoxy) is 2. The second-order valence-corrected chi connectivity index (χ2v) is 9.58. The number of carboxylic acids is 1. The smallest absolute Gasteiger partial charge is 0.387 e. The lowest BCUT2D eigenvalue weighted by Crippen LogP contribution is -2.18. The zero-order chi connectivity index (χ0) is 27.4. The topological polar surface area (TPSA) is 81.8 Å². The lowest BCUT2D eigenvalue weighted by Gasteiger charge is -2.22. The molecular weight excluding hydrogens is 502 g/mol. The van der Waals surface area contributed by atoms with Gasteiger partial charge in [-0.2, -0.15) is 17.6 Å². The van der Waals surface area contributed by atoms with Gasteiger partial charge in [0.15, 0.2) is 0 Å². The summed E-state index contributed by atoms with van der Waals surface area (Å²) in [7, 11) is 0. The Morgan fingerprint density at radius 3 is 2.45 bits per heavy atom. The first-order chi connectivity index (χ1) is 18.1. The van der Waals surface area contributed by atoms with Gasteiger partial charge in [-0.05, 0) is 77.1 Å². The molecule has 3 aromatic rings. The average Bonchev–Trinajstić information content (AvgIpc) is 3.22. The zero-order valence-electron chi connectivity index (χ0n) is 20.8. The van der Waals surface area contributed by atoms with Crippen LogP contribution in [0.3, 0.4) is 0 Å². The number of rotatable bonds is 12. The minimum absolute atomic E-state index is 0.0176. The van der Waals surface area contributed by atoms with Crippen molar-refractivity contribution in [2.24, 2.45) is 5.92 Å². The molecule has 1 aliphatic carbocycles. The van der Waals surface area contributed by atoms with Gasteiger partial charge >= 0.3 is 19.2 Å². The highest BCUT2D eigenvalue weighted by Gasteiger charge is 2.31. The molecule has 0 heterocycles. The van der Waals surface area contributed by atoms with E-state index >= 15 is 0 Å². The van der Waals surface area contributed by atoms with Gasteiger partial charge in [0, 0.05) is 11.8 Å². The summed E-state index contributed by atoms with van der Waals surface area (Å²) >= 11 is 0. The minimum Gasteiger partial charge on any atom is -0.481 e. The number of nitrogens with two attached hydrogens (primary N) is 1. The van der Waals surface area contributed by atoms with E-state index in [0.29, 0.717) is 48.9 Å². The third kappa shape index (κ3) is 6.20. The van der Waals surface area contributed by atoms with E-state index in [-0.39, 0.29) is 17.4 Å². The van der Waals surface area contributed by atoms with Crippen molar-refractivity contribution >= 4 is 11.7 Å². The summed E-state index contributed by atoms with van der Waals surface area (Å²) in [6, 6.07) is 15.4. The summed E-state index contributed by atoms with van der Waals surface area (Å²) in [5.74, 6) is -2.25. The first kappa shape index (κ1) is 27.3. The van der Waals surface area contributed by atoms with Crippen molar-refractivity contribution < 1.29 is 36.9 Å². The molecule has 0 spiro atoms. The van der Waals surface area contributed by atoms with Crippen LogP contribution < -0.4 is 15.2 Å². The van der Waals surface area contributed by atoms with Gasteiger partial charge in [-0.1, -0.05) is 49.7 Å². The second-order valence-electron chi connectivity index (χ2n) is 9.58. The summed E-state index contributed by atoms with van der Waals surface area (Å²) in [6.07, 6.45) is 2.49. The Morgan fingerprint density at radius 1 is 1.00 bits per heavy atom. The molecule has 0 radical (unpaired) electrons. The van der Waals surface area contributed by atoms with Crippen molar-refractivity contribution in [1.29, 1.82) is 0 Å². The molecule has 3 aromatic carbocycles. The Morgan fingerprint density at radius 2 is 1.74 bits per heavy atom. The maximum Gasteiger partial charge on any atom is 0.387 e. The van der Waals surface area contributed by atoms with Crippen molar-refractivity contribution in [1.82, 2.24) is 0 Å². The summed E-state index contributed by atoms with van der Waals surface area (Å²) in [4.78, 5) is 12.4. The largest absolute Gasteiger partial charge is 0.481 e. The Hall–Kier alpha value is -3.75. The summed E-state index contributed by atoms with van der Waals surface area (Å²) in [5, 5.41) is 10.2. The molecule has 2 atom stereocenters. The molecule has 0 saturated heterocycles. The van der Waals surface area contributed by atoms with Crippen molar-refractivity contribution in [3.05, 3.63) is 76.9 Å². The van der Waals surface area contributed by atoms with Crippen molar-refractivity contribution in [2.45, 2.75) is 58.2 Å². The van der Waals surface area contributed by atoms with Crippen LogP contribution in [0.2, 0.25) is 0 Å². The number of aryl methyl sites for hydroxylation is 1. The number of halogens is 4. The van der Waals surface area contributed by atoms with Gasteiger partial charge in [-0.25, -0.2) is 0 Å². The number of nitrogen functional groups attached to an aromatic ring is 1. The van der Waals surface area contributed by atoms with Crippen LogP contribution in [0.15, 0.2) is 54.6 Å². The molecule has 4 rings (SSSR count). The van der Waals surface area contributed by atoms with E-state index in [1.54, 1.807) is 6.07 Å². The van der Waals surface area contributed by atoms with E-state index in [0.717, 1.165) is 28.3 Å². The first-order valence-corrected chi connectivity index (χ1v) is 12.4. The molecule has 9 heteroatoms. The average molecular weight is 532 g/mol. The van der Waals surface area contributed by atoms with Crippen molar-refractivity contribution in [3.8, 4) is 22.6 Å². The Balaban J connectivity index is 1.45. The third-order valence-corrected chi connectivity index (χ3v) is 6.97. The quantitative estimate of drug-likeness (QED) is 0.149. The maximum absolute atomic E-state index is 12.9. The van der Waals surface area contributed by atoms with Crippen LogP contribution in [0, 0.1) is 5.92 Å². The van der Waals surface area contributed by atoms with Crippen LogP contribution in [-0.2, 0) is 17.6 Å². The lowest BCUT2D eigenvalue weighted by atomic mass is 9.83. The molecule has 0 fully saturated rings. The monoisotopic (exact) mass is 531 g/mol. The predicted molar refractivity (Wildman–Crippen MR) is 136 cm³/mol. The second kappa shape index (κ2) is 11.8. The number of carboxylic acid groups (broad SMARTS) is 1. The molecule has 0 aliphatic heterocycles. The number of fused-ring (bicyclic) bond motifs is 3. The van der Waals surface area contributed by atoms with Crippen LogP contribution >= 0.6 is 0 Å². The van der Waals surface area contributed by atoms with Crippen LogP contribution in [0.1, 0.15) is 54.4 Å². The van der Waals surface area contributed by atoms with E-state index in [4.69, 9.17) is 5.73 Å². The molecule has 38 heavy (non-hydrogen) atoms. The molecule has 1 aliphatic rings. The van der Waals surface area contributed by atoms with Gasteiger partial charge in [0.05, 0.1) is 5.92 Å². The number of carbonyl (C=O) groups is 1. The third-order valence-electron chi connectivity index (χ3n) is 6.97. The molecule has 202 valence electrons. The number of hydrogen-bond donors (Lipinski definition) is 2. The molecule has 0 saturated carbocycles. The molecule has 3 N–H and O–H groups in total. The lowest BCUT2D eigenvalue weighted by molar-refractivity contribution is -0.139. The highest BCUT2D eigenvalue weighted by Crippen LogP contribution is 2.44. The van der Waals surface area contributed by atoms with Gasteiger partial charge in [-0.15, -0.1) is 0 Å². The fraction of sp³-hybridized carbons (Fsp3) is 0.345. The number of anilines is 1. The van der Waals surface area contributed by atoms with Gasteiger partial charge in [0.2, 0.25) is 0 Å². The molecule has 5 nitrogen and oxygen atoms in total.